The molecule has 3 rings (SSSR count). The van der Waals surface area contributed by atoms with Gasteiger partial charge in [0, 0.05) is 17.5 Å². The van der Waals surface area contributed by atoms with Crippen molar-refractivity contribution < 1.29 is 0 Å². The van der Waals surface area contributed by atoms with Gasteiger partial charge in [-0.3, -0.25) is 0 Å². The molecular weight excluding hydrogens is 254 g/mol. The maximum atomic E-state index is 3.79. The van der Waals surface area contributed by atoms with Crippen molar-refractivity contribution in [2.24, 2.45) is 5.41 Å². The Hall–Kier alpha value is -0.820. The molecule has 1 heteroatoms. The second kappa shape index (κ2) is 5.43. The summed E-state index contributed by atoms with van der Waals surface area (Å²) >= 11 is 0. The first kappa shape index (κ1) is 15.1. The van der Waals surface area contributed by atoms with Crippen molar-refractivity contribution >= 4 is 0 Å². The first-order valence-electron chi connectivity index (χ1n) is 8.74. The third kappa shape index (κ3) is 3.18. The van der Waals surface area contributed by atoms with E-state index in [0.29, 0.717) is 10.8 Å². The van der Waals surface area contributed by atoms with E-state index in [9.17, 15) is 0 Å². The molecule has 0 heterocycles. The van der Waals surface area contributed by atoms with Crippen LogP contribution in [0.1, 0.15) is 71.3 Å². The topological polar surface area (TPSA) is 12.0 Å². The van der Waals surface area contributed by atoms with Crippen molar-refractivity contribution in [3.63, 3.8) is 0 Å². The number of hydrogen-bond donors (Lipinski definition) is 1. The van der Waals surface area contributed by atoms with Gasteiger partial charge in [0.1, 0.15) is 0 Å². The van der Waals surface area contributed by atoms with Crippen LogP contribution in [0.5, 0.6) is 0 Å². The third-order valence-electron chi connectivity index (χ3n) is 5.68. The van der Waals surface area contributed by atoms with Gasteiger partial charge >= 0.3 is 0 Å². The van der Waals surface area contributed by atoms with E-state index in [1.807, 2.05) is 0 Å². The van der Waals surface area contributed by atoms with Crippen LogP contribution in [0.4, 0.5) is 0 Å². The number of benzene rings is 1. The number of hydrogen-bond acceptors (Lipinski definition) is 1. The largest absolute Gasteiger partial charge is 0.311 e. The second-order valence-corrected chi connectivity index (χ2v) is 8.66. The van der Waals surface area contributed by atoms with Gasteiger partial charge in [0.2, 0.25) is 0 Å². The van der Waals surface area contributed by atoms with Gasteiger partial charge in [0.15, 0.2) is 0 Å². The quantitative estimate of drug-likeness (QED) is 0.819. The van der Waals surface area contributed by atoms with Crippen molar-refractivity contribution in [1.82, 2.24) is 5.32 Å². The summed E-state index contributed by atoms with van der Waals surface area (Å²) in [5.74, 6) is 0. The van der Waals surface area contributed by atoms with Crippen molar-refractivity contribution in [2.45, 2.75) is 76.7 Å². The molecular formula is C20H31N. The molecule has 1 nitrogen and oxygen atoms in total. The first-order chi connectivity index (χ1) is 9.93. The maximum Gasteiger partial charge on any atom is 0.00968 e. The van der Waals surface area contributed by atoms with E-state index in [4.69, 9.17) is 0 Å². The van der Waals surface area contributed by atoms with E-state index >= 15 is 0 Å². The molecule has 1 spiro atoms. The summed E-state index contributed by atoms with van der Waals surface area (Å²) in [5.41, 5.74) is 2.81. The molecule has 1 N–H and O–H groups in total. The van der Waals surface area contributed by atoms with E-state index in [1.54, 1.807) is 5.56 Å². The van der Waals surface area contributed by atoms with Crippen molar-refractivity contribution in [2.75, 3.05) is 6.54 Å². The van der Waals surface area contributed by atoms with Crippen LogP contribution in [-0.2, 0) is 5.41 Å². The maximum absolute atomic E-state index is 3.79. The monoisotopic (exact) mass is 285 g/mol. The van der Waals surface area contributed by atoms with Gasteiger partial charge in [-0.1, -0.05) is 49.6 Å². The van der Waals surface area contributed by atoms with Crippen molar-refractivity contribution in [3.05, 3.63) is 35.9 Å². The van der Waals surface area contributed by atoms with Crippen LogP contribution in [0.3, 0.4) is 0 Å². The smallest absolute Gasteiger partial charge is 0.00968 e. The van der Waals surface area contributed by atoms with Gasteiger partial charge in [-0.15, -0.1) is 0 Å². The minimum Gasteiger partial charge on any atom is -0.311 e. The lowest BCUT2D eigenvalue weighted by Crippen LogP contribution is -2.57. The lowest BCUT2D eigenvalue weighted by Gasteiger charge is -2.59. The SMILES string of the molecule is CC(C)(C)NCC1(c2ccccc2)CC2(CCCCC2)C1. The molecule has 1 aromatic rings. The molecule has 0 aliphatic heterocycles. The summed E-state index contributed by atoms with van der Waals surface area (Å²) in [5, 5.41) is 3.79. The molecule has 2 aliphatic rings. The Morgan fingerprint density at radius 3 is 2.14 bits per heavy atom. The van der Waals surface area contributed by atoms with E-state index < -0.39 is 0 Å². The molecule has 0 saturated heterocycles. The zero-order valence-corrected chi connectivity index (χ0v) is 14.0. The minimum absolute atomic E-state index is 0.205. The normalized spacial score (nSPS) is 23.8. The van der Waals surface area contributed by atoms with E-state index in [1.165, 1.54) is 44.9 Å². The molecule has 0 atom stereocenters. The molecule has 0 aromatic heterocycles. The molecule has 116 valence electrons. The summed E-state index contributed by atoms with van der Waals surface area (Å²) in [6.07, 6.45) is 10.1. The number of nitrogens with one attached hydrogen (secondary N) is 1. The highest BCUT2D eigenvalue weighted by Gasteiger charge is 2.54. The Morgan fingerprint density at radius 2 is 1.57 bits per heavy atom. The summed E-state index contributed by atoms with van der Waals surface area (Å²) in [6, 6.07) is 11.3. The lowest BCUT2D eigenvalue weighted by molar-refractivity contribution is -0.0154. The Balaban J connectivity index is 1.77. The summed E-state index contributed by atoms with van der Waals surface area (Å²) in [7, 11) is 0. The van der Waals surface area contributed by atoms with Crippen molar-refractivity contribution in [1.29, 1.82) is 0 Å². The predicted molar refractivity (Wildman–Crippen MR) is 90.6 cm³/mol. The van der Waals surface area contributed by atoms with Gasteiger partial charge in [-0.25, -0.2) is 0 Å². The first-order valence-corrected chi connectivity index (χ1v) is 8.74. The molecule has 2 aliphatic carbocycles. The molecule has 1 aromatic carbocycles. The summed E-state index contributed by atoms with van der Waals surface area (Å²) < 4.78 is 0. The van der Waals surface area contributed by atoms with Gasteiger partial charge in [0.05, 0.1) is 0 Å². The molecule has 0 unspecified atom stereocenters. The standard InChI is InChI=1S/C20H31N/c1-18(2,3)21-16-20(17-10-6-4-7-11-17)14-19(15-20)12-8-5-9-13-19/h4,6-7,10-11,21H,5,8-9,12-16H2,1-3H3. The van der Waals surface area contributed by atoms with Crippen LogP contribution in [0.15, 0.2) is 30.3 Å². The Bertz CT molecular complexity index is 454. The average molecular weight is 285 g/mol. The number of rotatable bonds is 3. The Morgan fingerprint density at radius 1 is 0.952 bits per heavy atom. The fourth-order valence-corrected chi connectivity index (χ4v) is 4.70. The van der Waals surface area contributed by atoms with E-state index in [2.05, 4.69) is 56.4 Å². The van der Waals surface area contributed by atoms with Crippen LogP contribution in [0.25, 0.3) is 0 Å². The molecule has 0 radical (unpaired) electrons. The average Bonchev–Trinajstić information content (AvgIpc) is 2.44. The fraction of sp³-hybridized carbons (Fsp3) is 0.700. The minimum atomic E-state index is 0.205. The second-order valence-electron chi connectivity index (χ2n) is 8.66. The van der Waals surface area contributed by atoms with Crippen LogP contribution in [-0.4, -0.2) is 12.1 Å². The van der Waals surface area contributed by atoms with Crippen LogP contribution in [0, 0.1) is 5.41 Å². The molecule has 21 heavy (non-hydrogen) atoms. The van der Waals surface area contributed by atoms with Crippen molar-refractivity contribution in [3.8, 4) is 0 Å². The third-order valence-corrected chi connectivity index (χ3v) is 5.68. The molecule has 2 saturated carbocycles. The van der Waals surface area contributed by atoms with Crippen LogP contribution in [0.2, 0.25) is 0 Å². The highest BCUT2D eigenvalue weighted by molar-refractivity contribution is 5.31. The van der Waals surface area contributed by atoms with Gasteiger partial charge in [-0.05, 0) is 57.4 Å². The summed E-state index contributed by atoms with van der Waals surface area (Å²) in [4.78, 5) is 0. The lowest BCUT2D eigenvalue weighted by atomic mass is 9.46. The van der Waals surface area contributed by atoms with E-state index in [0.717, 1.165) is 6.54 Å². The Kier molecular flexibility index (Phi) is 3.90. The fourth-order valence-electron chi connectivity index (χ4n) is 4.70. The zero-order valence-electron chi connectivity index (χ0n) is 14.0. The highest BCUT2D eigenvalue weighted by Crippen LogP contribution is 2.61. The molecule has 0 amide bonds. The Labute approximate surface area is 130 Å². The van der Waals surface area contributed by atoms with Gasteiger partial charge < -0.3 is 5.32 Å². The van der Waals surface area contributed by atoms with Gasteiger partial charge in [0.25, 0.3) is 0 Å². The summed E-state index contributed by atoms with van der Waals surface area (Å²) in [6.45, 7) is 7.96. The molecule has 2 fully saturated rings. The van der Waals surface area contributed by atoms with Crippen LogP contribution >= 0.6 is 0 Å². The highest BCUT2D eigenvalue weighted by atomic mass is 15.0. The van der Waals surface area contributed by atoms with E-state index in [-0.39, 0.29) is 5.54 Å². The zero-order chi connectivity index (χ0) is 15.0. The molecule has 0 bridgehead atoms. The predicted octanol–water partition coefficient (Wildman–Crippen LogP) is 5.06. The van der Waals surface area contributed by atoms with Gasteiger partial charge in [-0.2, -0.15) is 0 Å². The van der Waals surface area contributed by atoms with Crippen LogP contribution < -0.4 is 5.32 Å².